The monoisotopic (exact) mass is 311 g/mol. The van der Waals surface area contributed by atoms with Gasteiger partial charge in [0.15, 0.2) is 0 Å². The van der Waals surface area contributed by atoms with Gasteiger partial charge >= 0.3 is 0 Å². The molecule has 116 valence electrons. The molecule has 0 aromatic heterocycles. The van der Waals surface area contributed by atoms with E-state index in [1.807, 2.05) is 13.2 Å². The lowest BCUT2D eigenvalue weighted by Crippen LogP contribution is -2.26. The number of nitrogens with one attached hydrogen (secondary N) is 2. The molecular formula is C14H21N3O3S. The van der Waals surface area contributed by atoms with Crippen molar-refractivity contribution in [3.05, 3.63) is 33.9 Å². The third kappa shape index (κ3) is 5.26. The largest absolute Gasteiger partial charge is 0.380 e. The Labute approximate surface area is 128 Å². The minimum absolute atomic E-state index is 0.0815. The molecule has 0 saturated heterocycles. The fourth-order valence-electron chi connectivity index (χ4n) is 1.77. The van der Waals surface area contributed by atoms with Crippen molar-refractivity contribution in [2.75, 3.05) is 24.7 Å². The summed E-state index contributed by atoms with van der Waals surface area (Å²) in [5.74, 6) is -0.283. The number of rotatable bonds is 8. The summed E-state index contributed by atoms with van der Waals surface area (Å²) >= 11 is 1.74. The molecular weight excluding hydrogens is 290 g/mol. The smallest absolute Gasteiger partial charge is 0.293 e. The average molecular weight is 311 g/mol. The topological polar surface area (TPSA) is 84.3 Å². The molecule has 0 aliphatic carbocycles. The zero-order valence-electron chi connectivity index (χ0n) is 12.5. The Hall–Kier alpha value is -1.76. The highest BCUT2D eigenvalue weighted by Gasteiger charge is 2.17. The van der Waals surface area contributed by atoms with E-state index in [1.54, 1.807) is 23.9 Å². The zero-order chi connectivity index (χ0) is 15.8. The Morgan fingerprint density at radius 3 is 2.76 bits per heavy atom. The van der Waals surface area contributed by atoms with Crippen molar-refractivity contribution < 1.29 is 9.72 Å². The third-order valence-corrected chi connectivity index (χ3v) is 4.10. The number of carbonyl (C=O) groups excluding carboxylic acids is 1. The third-order valence-electron chi connectivity index (χ3n) is 3.06. The van der Waals surface area contributed by atoms with Gasteiger partial charge in [0.05, 0.1) is 4.92 Å². The van der Waals surface area contributed by atoms with Crippen LogP contribution in [0.15, 0.2) is 18.2 Å². The first-order chi connectivity index (χ1) is 9.99. The summed E-state index contributed by atoms with van der Waals surface area (Å²) in [6.45, 7) is 5.09. The van der Waals surface area contributed by atoms with Gasteiger partial charge in [-0.15, -0.1) is 0 Å². The molecule has 0 aliphatic rings. The summed E-state index contributed by atoms with van der Waals surface area (Å²) in [6, 6.07) is 4.48. The van der Waals surface area contributed by atoms with Gasteiger partial charge in [-0.05, 0) is 31.7 Å². The van der Waals surface area contributed by atoms with Crippen molar-refractivity contribution in [2.24, 2.45) is 0 Å². The lowest BCUT2D eigenvalue weighted by atomic mass is 10.1. The molecule has 0 heterocycles. The minimum Gasteiger partial charge on any atom is -0.380 e. The van der Waals surface area contributed by atoms with Crippen LogP contribution in [0.25, 0.3) is 0 Å². The van der Waals surface area contributed by atoms with Crippen molar-refractivity contribution in [3.63, 3.8) is 0 Å². The second kappa shape index (κ2) is 8.51. The number of benzene rings is 1. The number of nitro benzene ring substituents is 1. The van der Waals surface area contributed by atoms with Crippen LogP contribution >= 0.6 is 11.8 Å². The van der Waals surface area contributed by atoms with E-state index < -0.39 is 4.92 Å². The van der Waals surface area contributed by atoms with E-state index in [-0.39, 0.29) is 11.6 Å². The minimum atomic E-state index is -0.482. The van der Waals surface area contributed by atoms with Crippen molar-refractivity contribution in [3.8, 4) is 0 Å². The standard InChI is InChI=1S/C14H21N3O3S/c1-4-15-12-6-5-11(9-13(12)17(19)20)14(18)16-8-7-10(2)21-3/h5-6,9-10,15H,4,7-8H2,1-3H3,(H,16,18). The Morgan fingerprint density at radius 1 is 1.48 bits per heavy atom. The molecule has 0 bridgehead atoms. The van der Waals surface area contributed by atoms with Crippen molar-refractivity contribution >= 4 is 29.0 Å². The van der Waals surface area contributed by atoms with Gasteiger partial charge in [-0.1, -0.05) is 6.92 Å². The molecule has 0 spiro atoms. The number of amides is 1. The zero-order valence-corrected chi connectivity index (χ0v) is 13.3. The van der Waals surface area contributed by atoms with E-state index in [0.29, 0.717) is 29.6 Å². The molecule has 2 N–H and O–H groups in total. The fourth-order valence-corrected chi connectivity index (χ4v) is 2.13. The Balaban J connectivity index is 2.76. The predicted octanol–water partition coefficient (Wildman–Crippen LogP) is 2.90. The highest BCUT2D eigenvalue weighted by Crippen LogP contribution is 2.25. The molecule has 6 nitrogen and oxygen atoms in total. The van der Waals surface area contributed by atoms with Gasteiger partial charge in [-0.2, -0.15) is 11.8 Å². The summed E-state index contributed by atoms with van der Waals surface area (Å²) in [5, 5.41) is 17.2. The van der Waals surface area contributed by atoms with Crippen LogP contribution in [0.1, 0.15) is 30.6 Å². The molecule has 1 amide bonds. The second-order valence-corrected chi connectivity index (χ2v) is 5.89. The molecule has 7 heteroatoms. The first-order valence-electron chi connectivity index (χ1n) is 6.82. The summed E-state index contributed by atoms with van der Waals surface area (Å²) in [4.78, 5) is 22.6. The van der Waals surface area contributed by atoms with Gasteiger partial charge in [-0.25, -0.2) is 0 Å². The summed E-state index contributed by atoms with van der Waals surface area (Å²) in [7, 11) is 0. The molecule has 1 rings (SSSR count). The van der Waals surface area contributed by atoms with Crippen LogP contribution in [0, 0.1) is 10.1 Å². The van der Waals surface area contributed by atoms with E-state index in [0.717, 1.165) is 6.42 Å². The lowest BCUT2D eigenvalue weighted by molar-refractivity contribution is -0.384. The van der Waals surface area contributed by atoms with E-state index in [4.69, 9.17) is 0 Å². The molecule has 1 unspecified atom stereocenters. The van der Waals surface area contributed by atoms with Gasteiger partial charge in [0.1, 0.15) is 5.69 Å². The maximum Gasteiger partial charge on any atom is 0.293 e. The number of nitro groups is 1. The quantitative estimate of drug-likeness (QED) is 0.569. The molecule has 0 aliphatic heterocycles. The van der Waals surface area contributed by atoms with E-state index in [2.05, 4.69) is 17.6 Å². The fraction of sp³-hybridized carbons (Fsp3) is 0.500. The highest BCUT2D eigenvalue weighted by molar-refractivity contribution is 7.99. The summed E-state index contributed by atoms with van der Waals surface area (Å²) in [6.07, 6.45) is 2.89. The Bertz CT molecular complexity index is 508. The SMILES string of the molecule is CCNc1ccc(C(=O)NCCC(C)SC)cc1[N+](=O)[O-]. The first-order valence-corrected chi connectivity index (χ1v) is 8.11. The number of carbonyl (C=O) groups is 1. The first kappa shape index (κ1) is 17.3. The van der Waals surface area contributed by atoms with Crippen LogP contribution in [0.2, 0.25) is 0 Å². The molecule has 1 aromatic rings. The summed E-state index contributed by atoms with van der Waals surface area (Å²) in [5.41, 5.74) is 0.650. The van der Waals surface area contributed by atoms with Crippen molar-refractivity contribution in [1.82, 2.24) is 5.32 Å². The van der Waals surface area contributed by atoms with Gasteiger partial charge in [0, 0.05) is 30.0 Å². The molecule has 1 aromatic carbocycles. The number of hydrogen-bond acceptors (Lipinski definition) is 5. The van der Waals surface area contributed by atoms with E-state index in [1.165, 1.54) is 6.07 Å². The molecule has 0 saturated carbocycles. The maximum absolute atomic E-state index is 12.0. The molecule has 21 heavy (non-hydrogen) atoms. The van der Waals surface area contributed by atoms with Gasteiger partial charge in [-0.3, -0.25) is 14.9 Å². The number of hydrogen-bond donors (Lipinski definition) is 2. The van der Waals surface area contributed by atoms with Crippen molar-refractivity contribution in [1.29, 1.82) is 0 Å². The van der Waals surface area contributed by atoms with Gasteiger partial charge in [0.2, 0.25) is 0 Å². The second-order valence-electron chi connectivity index (χ2n) is 4.61. The molecule has 1 atom stereocenters. The highest BCUT2D eigenvalue weighted by atomic mass is 32.2. The van der Waals surface area contributed by atoms with Crippen LogP contribution in [0.5, 0.6) is 0 Å². The Kier molecular flexibility index (Phi) is 7.01. The maximum atomic E-state index is 12.0. The lowest BCUT2D eigenvalue weighted by Gasteiger charge is -2.10. The number of anilines is 1. The van der Waals surface area contributed by atoms with Crippen LogP contribution in [0.4, 0.5) is 11.4 Å². The van der Waals surface area contributed by atoms with Gasteiger partial charge in [0.25, 0.3) is 11.6 Å². The summed E-state index contributed by atoms with van der Waals surface area (Å²) < 4.78 is 0. The molecule has 0 radical (unpaired) electrons. The van der Waals surface area contributed by atoms with Crippen LogP contribution in [0.3, 0.4) is 0 Å². The van der Waals surface area contributed by atoms with E-state index in [9.17, 15) is 14.9 Å². The normalized spacial score (nSPS) is 11.8. The average Bonchev–Trinajstić information content (AvgIpc) is 2.47. The van der Waals surface area contributed by atoms with Crippen LogP contribution in [-0.2, 0) is 0 Å². The number of thioether (sulfide) groups is 1. The number of nitrogens with zero attached hydrogens (tertiary/aromatic N) is 1. The van der Waals surface area contributed by atoms with Crippen molar-refractivity contribution in [2.45, 2.75) is 25.5 Å². The predicted molar refractivity (Wildman–Crippen MR) is 87.2 cm³/mol. The van der Waals surface area contributed by atoms with E-state index >= 15 is 0 Å². The van der Waals surface area contributed by atoms with Crippen LogP contribution < -0.4 is 10.6 Å². The molecule has 0 fully saturated rings. The van der Waals surface area contributed by atoms with Gasteiger partial charge < -0.3 is 10.6 Å². The van der Waals surface area contributed by atoms with Crippen LogP contribution in [-0.4, -0.2) is 35.4 Å². The Morgan fingerprint density at radius 2 is 2.19 bits per heavy atom.